The number of likely N-dealkylation sites (tertiary alicyclic amines) is 1. The van der Waals surface area contributed by atoms with Gasteiger partial charge in [-0.25, -0.2) is 14.6 Å². The van der Waals surface area contributed by atoms with Crippen LogP contribution in [0.5, 0.6) is 0 Å². The lowest BCUT2D eigenvalue weighted by Crippen LogP contribution is -2.63. The van der Waals surface area contributed by atoms with Crippen molar-refractivity contribution in [2.45, 2.75) is 52.6 Å². The van der Waals surface area contributed by atoms with E-state index in [4.69, 9.17) is 0 Å². The molecule has 2 aromatic heterocycles. The van der Waals surface area contributed by atoms with Gasteiger partial charge < -0.3 is 10.0 Å². The minimum atomic E-state index is -0.750. The molecule has 0 saturated carbocycles. The molecule has 0 aliphatic carbocycles. The molecule has 0 unspecified atom stereocenters. The van der Waals surface area contributed by atoms with Gasteiger partial charge in [0.2, 0.25) is 0 Å². The topological polar surface area (TPSA) is 84.1 Å². The third kappa shape index (κ3) is 3.28. The molecule has 7 nitrogen and oxygen atoms in total. The van der Waals surface area contributed by atoms with Crippen LogP contribution in [0.3, 0.4) is 0 Å². The van der Waals surface area contributed by atoms with Crippen molar-refractivity contribution in [2.24, 2.45) is 0 Å². The van der Waals surface area contributed by atoms with Crippen molar-refractivity contribution in [3.8, 4) is 5.95 Å². The van der Waals surface area contributed by atoms with E-state index in [0.717, 1.165) is 17.1 Å². The smallest absolute Gasteiger partial charge is 0.257 e. The summed E-state index contributed by atoms with van der Waals surface area (Å²) >= 11 is 0. The first-order chi connectivity index (χ1) is 11.7. The Morgan fingerprint density at radius 1 is 1.28 bits per heavy atom. The first-order valence-corrected chi connectivity index (χ1v) is 8.66. The molecule has 1 N–H and O–H groups in total. The van der Waals surface area contributed by atoms with Crippen LogP contribution < -0.4 is 0 Å². The van der Waals surface area contributed by atoms with Gasteiger partial charge in [-0.05, 0) is 32.3 Å². The van der Waals surface area contributed by atoms with E-state index < -0.39 is 5.60 Å². The van der Waals surface area contributed by atoms with Crippen LogP contribution in [0.4, 0.5) is 0 Å². The molecule has 0 atom stereocenters. The highest BCUT2D eigenvalue weighted by atomic mass is 16.3. The predicted octanol–water partition coefficient (Wildman–Crippen LogP) is 2.00. The molecule has 1 amide bonds. The third-order valence-corrected chi connectivity index (χ3v) is 4.61. The molecule has 0 bridgehead atoms. The van der Waals surface area contributed by atoms with E-state index in [1.165, 1.54) is 0 Å². The quantitative estimate of drug-likeness (QED) is 0.918. The van der Waals surface area contributed by atoms with Gasteiger partial charge in [-0.1, -0.05) is 20.8 Å². The molecule has 1 fully saturated rings. The van der Waals surface area contributed by atoms with Gasteiger partial charge in [0.1, 0.15) is 0 Å². The van der Waals surface area contributed by atoms with Crippen molar-refractivity contribution in [1.29, 1.82) is 0 Å². The van der Waals surface area contributed by atoms with Crippen LogP contribution in [-0.4, -0.2) is 54.4 Å². The van der Waals surface area contributed by atoms with Crippen LogP contribution in [0.2, 0.25) is 0 Å². The minimum Gasteiger partial charge on any atom is -0.386 e. The SMILES string of the molecule is CCC1(O)CN(C(=O)c2cn(-c3nc(C)cc(C)n3)nc2C(C)C)C1. The van der Waals surface area contributed by atoms with Crippen molar-refractivity contribution in [1.82, 2.24) is 24.6 Å². The Bertz CT molecular complexity index is 786. The molecule has 7 heteroatoms. The van der Waals surface area contributed by atoms with Crippen LogP contribution >= 0.6 is 0 Å². The second-order valence-corrected chi connectivity index (χ2v) is 7.22. The zero-order chi connectivity index (χ0) is 18.4. The largest absolute Gasteiger partial charge is 0.386 e. The molecule has 1 aliphatic heterocycles. The predicted molar refractivity (Wildman–Crippen MR) is 93.9 cm³/mol. The maximum absolute atomic E-state index is 12.9. The van der Waals surface area contributed by atoms with E-state index in [1.54, 1.807) is 15.8 Å². The van der Waals surface area contributed by atoms with Crippen molar-refractivity contribution < 1.29 is 9.90 Å². The second-order valence-electron chi connectivity index (χ2n) is 7.22. The zero-order valence-electron chi connectivity index (χ0n) is 15.4. The number of aromatic nitrogens is 4. The van der Waals surface area contributed by atoms with E-state index >= 15 is 0 Å². The lowest BCUT2D eigenvalue weighted by atomic mass is 9.90. The van der Waals surface area contributed by atoms with Crippen molar-refractivity contribution in [2.75, 3.05) is 13.1 Å². The molecule has 1 saturated heterocycles. The first-order valence-electron chi connectivity index (χ1n) is 8.66. The molecule has 1 aliphatic rings. The Morgan fingerprint density at radius 2 is 1.88 bits per heavy atom. The molecular weight excluding hydrogens is 318 g/mol. The summed E-state index contributed by atoms with van der Waals surface area (Å²) in [5, 5.41) is 14.7. The number of aliphatic hydroxyl groups is 1. The summed E-state index contributed by atoms with van der Waals surface area (Å²) in [4.78, 5) is 23.4. The Labute approximate surface area is 147 Å². The van der Waals surface area contributed by atoms with Gasteiger partial charge in [0.15, 0.2) is 0 Å². The molecule has 2 aromatic rings. The van der Waals surface area contributed by atoms with Gasteiger partial charge in [-0.2, -0.15) is 5.10 Å². The molecule has 0 spiro atoms. The summed E-state index contributed by atoms with van der Waals surface area (Å²) in [5.74, 6) is 0.460. The van der Waals surface area contributed by atoms with Gasteiger partial charge in [0, 0.05) is 17.6 Å². The first kappa shape index (κ1) is 17.5. The summed E-state index contributed by atoms with van der Waals surface area (Å²) in [5.41, 5.74) is 2.23. The fourth-order valence-corrected chi connectivity index (χ4v) is 3.09. The molecule has 0 radical (unpaired) electrons. The number of carbonyl (C=O) groups excluding carboxylic acids is 1. The van der Waals surface area contributed by atoms with E-state index in [9.17, 15) is 9.90 Å². The summed E-state index contributed by atoms with van der Waals surface area (Å²) in [6.45, 7) is 10.5. The normalized spacial score (nSPS) is 16.2. The van der Waals surface area contributed by atoms with Gasteiger partial charge >= 0.3 is 0 Å². The number of nitrogens with zero attached hydrogens (tertiary/aromatic N) is 5. The molecule has 3 rings (SSSR count). The summed E-state index contributed by atoms with van der Waals surface area (Å²) < 4.78 is 1.58. The number of β-amino-alcohol motifs (C(OH)–C–C–N with tert-alkyl or cyclic N) is 1. The Kier molecular flexibility index (Phi) is 4.36. The summed E-state index contributed by atoms with van der Waals surface area (Å²) in [7, 11) is 0. The number of carbonyl (C=O) groups is 1. The maximum atomic E-state index is 12.9. The standard InChI is InChI=1S/C18H25N5O2/c1-6-18(25)9-22(10-18)16(24)14-8-23(21-15(14)11(2)3)17-19-12(4)7-13(5)20-17/h7-8,11,25H,6,9-10H2,1-5H3. The Hall–Kier alpha value is -2.28. The van der Waals surface area contributed by atoms with Gasteiger partial charge in [-0.3, -0.25) is 4.79 Å². The lowest BCUT2D eigenvalue weighted by molar-refractivity contribution is -0.0826. The summed E-state index contributed by atoms with van der Waals surface area (Å²) in [6, 6.07) is 1.90. The Balaban J connectivity index is 1.94. The van der Waals surface area contributed by atoms with Gasteiger partial charge in [0.25, 0.3) is 11.9 Å². The number of rotatable bonds is 4. The Morgan fingerprint density at radius 3 is 2.40 bits per heavy atom. The van der Waals surface area contributed by atoms with Gasteiger partial charge in [0.05, 0.1) is 29.9 Å². The molecule has 0 aromatic carbocycles. The minimum absolute atomic E-state index is 0.0949. The van der Waals surface area contributed by atoms with Crippen LogP contribution in [0.1, 0.15) is 60.5 Å². The van der Waals surface area contributed by atoms with Gasteiger partial charge in [-0.15, -0.1) is 0 Å². The van der Waals surface area contributed by atoms with Crippen LogP contribution in [0.25, 0.3) is 5.95 Å². The van der Waals surface area contributed by atoms with E-state index in [2.05, 4.69) is 15.1 Å². The van der Waals surface area contributed by atoms with Crippen molar-refractivity contribution in [3.05, 3.63) is 34.9 Å². The fourth-order valence-electron chi connectivity index (χ4n) is 3.09. The number of aryl methyl sites for hydroxylation is 2. The number of hydrogen-bond donors (Lipinski definition) is 1. The maximum Gasteiger partial charge on any atom is 0.257 e. The average Bonchev–Trinajstić information content (AvgIpc) is 2.95. The van der Waals surface area contributed by atoms with Crippen LogP contribution in [-0.2, 0) is 0 Å². The van der Waals surface area contributed by atoms with Crippen molar-refractivity contribution in [3.63, 3.8) is 0 Å². The number of amides is 1. The van der Waals surface area contributed by atoms with Crippen LogP contribution in [0.15, 0.2) is 12.3 Å². The molecule has 3 heterocycles. The third-order valence-electron chi connectivity index (χ3n) is 4.61. The number of hydrogen-bond acceptors (Lipinski definition) is 5. The highest BCUT2D eigenvalue weighted by Gasteiger charge is 2.43. The second kappa shape index (κ2) is 6.22. The summed E-state index contributed by atoms with van der Waals surface area (Å²) in [6.07, 6.45) is 2.35. The highest BCUT2D eigenvalue weighted by molar-refractivity contribution is 5.96. The lowest BCUT2D eigenvalue weighted by Gasteiger charge is -2.46. The van der Waals surface area contributed by atoms with Crippen LogP contribution in [0, 0.1) is 13.8 Å². The molecule has 134 valence electrons. The average molecular weight is 343 g/mol. The molecular formula is C18H25N5O2. The zero-order valence-corrected chi connectivity index (χ0v) is 15.4. The fraction of sp³-hybridized carbons (Fsp3) is 0.556. The highest BCUT2D eigenvalue weighted by Crippen LogP contribution is 2.28. The van der Waals surface area contributed by atoms with E-state index in [1.807, 2.05) is 40.7 Å². The molecule has 25 heavy (non-hydrogen) atoms. The monoisotopic (exact) mass is 343 g/mol. The van der Waals surface area contributed by atoms with E-state index in [-0.39, 0.29) is 11.8 Å². The van der Waals surface area contributed by atoms with E-state index in [0.29, 0.717) is 31.0 Å². The van der Waals surface area contributed by atoms with Crippen molar-refractivity contribution >= 4 is 5.91 Å².